The van der Waals surface area contributed by atoms with Gasteiger partial charge < -0.3 is 9.64 Å². The van der Waals surface area contributed by atoms with E-state index in [-0.39, 0.29) is 4.75 Å². The molecule has 1 heterocycles. The van der Waals surface area contributed by atoms with E-state index in [0.717, 1.165) is 58.6 Å². The fourth-order valence-electron chi connectivity index (χ4n) is 3.29. The van der Waals surface area contributed by atoms with Crippen molar-refractivity contribution in [2.75, 3.05) is 45.6 Å². The van der Waals surface area contributed by atoms with E-state index in [1.807, 2.05) is 4.90 Å². The molecule has 1 saturated heterocycles. The van der Waals surface area contributed by atoms with E-state index in [1.54, 1.807) is 11.8 Å². The smallest absolute Gasteiger partial charge is 0.238 e. The second-order valence-electron chi connectivity index (χ2n) is 6.72. The molecule has 2 fully saturated rings. The van der Waals surface area contributed by atoms with Crippen molar-refractivity contribution in [1.82, 2.24) is 9.80 Å². The summed E-state index contributed by atoms with van der Waals surface area (Å²) in [7, 11) is 0. The first-order valence-corrected chi connectivity index (χ1v) is 10.1. The molecule has 0 atom stereocenters. The zero-order valence-electron chi connectivity index (χ0n) is 14.6. The molecule has 0 spiro atoms. The van der Waals surface area contributed by atoms with Gasteiger partial charge in [-0.2, -0.15) is 0 Å². The maximum absolute atomic E-state index is 12.8. The Morgan fingerprint density at radius 1 is 1.12 bits per heavy atom. The molecular weight excluding hydrogens is 320 g/mol. The molecule has 132 valence electrons. The van der Waals surface area contributed by atoms with Gasteiger partial charge in [-0.25, -0.2) is 0 Å². The van der Waals surface area contributed by atoms with Crippen LogP contribution in [0.4, 0.5) is 0 Å². The van der Waals surface area contributed by atoms with Gasteiger partial charge in [-0.05, 0) is 31.1 Å². The first kappa shape index (κ1) is 17.8. The number of hydrogen-bond donors (Lipinski definition) is 0. The molecule has 4 nitrogen and oxygen atoms in total. The van der Waals surface area contributed by atoms with Crippen molar-refractivity contribution in [1.29, 1.82) is 0 Å². The molecule has 1 saturated carbocycles. The Morgan fingerprint density at radius 3 is 2.58 bits per heavy atom. The van der Waals surface area contributed by atoms with E-state index >= 15 is 0 Å². The summed E-state index contributed by atoms with van der Waals surface area (Å²) in [5.41, 5.74) is 1.34. The van der Waals surface area contributed by atoms with Crippen LogP contribution in [0.25, 0.3) is 0 Å². The van der Waals surface area contributed by atoms with Gasteiger partial charge in [0.05, 0.1) is 18.0 Å². The summed E-state index contributed by atoms with van der Waals surface area (Å²) in [6.45, 7) is 5.88. The molecule has 1 aromatic rings. The number of thioether (sulfide) groups is 1. The van der Waals surface area contributed by atoms with E-state index < -0.39 is 0 Å². The number of nitrogens with zero attached hydrogens (tertiary/aromatic N) is 2. The van der Waals surface area contributed by atoms with Crippen molar-refractivity contribution >= 4 is 17.7 Å². The van der Waals surface area contributed by atoms with E-state index in [4.69, 9.17) is 4.74 Å². The van der Waals surface area contributed by atoms with Crippen molar-refractivity contribution in [3.05, 3.63) is 35.9 Å². The molecular formula is C19H28N2O2S. The van der Waals surface area contributed by atoms with Crippen LogP contribution in [0, 0.1) is 0 Å². The second-order valence-corrected chi connectivity index (χ2v) is 7.91. The van der Waals surface area contributed by atoms with Crippen LogP contribution in [0.2, 0.25) is 0 Å². The van der Waals surface area contributed by atoms with E-state index in [1.165, 1.54) is 5.56 Å². The number of carbonyl (C=O) groups is 1. The van der Waals surface area contributed by atoms with Crippen LogP contribution in [0.5, 0.6) is 0 Å². The second kappa shape index (κ2) is 8.37. The summed E-state index contributed by atoms with van der Waals surface area (Å²) in [6, 6.07) is 10.6. The molecule has 3 rings (SSSR count). The SMILES string of the molecule is CSC1(C(=O)N2CCCN(Cc3ccccc3)CCOCC2)CC1. The van der Waals surface area contributed by atoms with Gasteiger partial charge in [0, 0.05) is 32.7 Å². The Morgan fingerprint density at radius 2 is 1.88 bits per heavy atom. The van der Waals surface area contributed by atoms with Crippen molar-refractivity contribution < 1.29 is 9.53 Å². The Balaban J connectivity index is 1.55. The monoisotopic (exact) mass is 348 g/mol. The Bertz CT molecular complexity index is 533. The van der Waals surface area contributed by atoms with Crippen LogP contribution in [-0.2, 0) is 16.1 Å². The third-order valence-electron chi connectivity index (χ3n) is 4.98. The lowest BCUT2D eigenvalue weighted by Gasteiger charge is -2.30. The quantitative estimate of drug-likeness (QED) is 0.837. The topological polar surface area (TPSA) is 32.8 Å². The molecule has 1 aromatic carbocycles. The van der Waals surface area contributed by atoms with Gasteiger partial charge in [0.1, 0.15) is 0 Å². The zero-order valence-corrected chi connectivity index (χ0v) is 15.4. The molecule has 1 aliphatic carbocycles. The molecule has 5 heteroatoms. The summed E-state index contributed by atoms with van der Waals surface area (Å²) in [5.74, 6) is 0.328. The summed E-state index contributed by atoms with van der Waals surface area (Å²) in [6.07, 6.45) is 5.16. The molecule has 0 radical (unpaired) electrons. The minimum absolute atomic E-state index is 0.117. The number of rotatable bonds is 4. The fourth-order valence-corrected chi connectivity index (χ4v) is 4.10. The van der Waals surface area contributed by atoms with Crippen LogP contribution in [0.3, 0.4) is 0 Å². The molecule has 2 aliphatic rings. The van der Waals surface area contributed by atoms with Crippen molar-refractivity contribution in [2.24, 2.45) is 0 Å². The molecule has 24 heavy (non-hydrogen) atoms. The maximum Gasteiger partial charge on any atom is 0.238 e. The highest BCUT2D eigenvalue weighted by Crippen LogP contribution is 2.48. The molecule has 0 unspecified atom stereocenters. The highest BCUT2D eigenvalue weighted by molar-refractivity contribution is 8.01. The van der Waals surface area contributed by atoms with Crippen LogP contribution in [0.15, 0.2) is 30.3 Å². The lowest BCUT2D eigenvalue weighted by molar-refractivity contribution is -0.132. The fraction of sp³-hybridized carbons (Fsp3) is 0.632. The van der Waals surface area contributed by atoms with Gasteiger partial charge in [-0.3, -0.25) is 9.69 Å². The van der Waals surface area contributed by atoms with Gasteiger partial charge in [0.2, 0.25) is 5.91 Å². The van der Waals surface area contributed by atoms with Gasteiger partial charge in [-0.1, -0.05) is 30.3 Å². The van der Waals surface area contributed by atoms with Crippen molar-refractivity contribution in [3.63, 3.8) is 0 Å². The van der Waals surface area contributed by atoms with Crippen LogP contribution < -0.4 is 0 Å². The summed E-state index contributed by atoms with van der Waals surface area (Å²) >= 11 is 1.72. The highest BCUT2D eigenvalue weighted by atomic mass is 32.2. The minimum Gasteiger partial charge on any atom is -0.378 e. The maximum atomic E-state index is 12.8. The van der Waals surface area contributed by atoms with Crippen LogP contribution in [0.1, 0.15) is 24.8 Å². The van der Waals surface area contributed by atoms with Crippen molar-refractivity contribution in [2.45, 2.75) is 30.6 Å². The van der Waals surface area contributed by atoms with Gasteiger partial charge in [0.25, 0.3) is 0 Å². The van der Waals surface area contributed by atoms with Gasteiger partial charge >= 0.3 is 0 Å². The standard InChI is InChI=1S/C19H28N2O2S/c1-24-19(8-9-19)18(22)21-11-5-10-20(12-14-23-15-13-21)16-17-6-3-2-4-7-17/h2-4,6-7H,5,8-16H2,1H3. The third-order valence-corrected chi connectivity index (χ3v) is 6.34. The summed E-state index contributed by atoms with van der Waals surface area (Å²) in [5, 5.41) is 0. The van der Waals surface area contributed by atoms with E-state index in [9.17, 15) is 4.79 Å². The number of benzene rings is 1. The predicted octanol–water partition coefficient (Wildman–Crippen LogP) is 2.63. The van der Waals surface area contributed by atoms with E-state index in [0.29, 0.717) is 12.5 Å². The first-order chi connectivity index (χ1) is 11.7. The minimum atomic E-state index is -0.117. The number of carbonyl (C=O) groups excluding carboxylic acids is 1. The Kier molecular flexibility index (Phi) is 6.19. The molecule has 1 amide bonds. The van der Waals surface area contributed by atoms with Crippen molar-refractivity contribution in [3.8, 4) is 0 Å². The lowest BCUT2D eigenvalue weighted by atomic mass is 10.2. The highest BCUT2D eigenvalue weighted by Gasteiger charge is 2.51. The molecule has 0 N–H and O–H groups in total. The first-order valence-electron chi connectivity index (χ1n) is 8.92. The largest absolute Gasteiger partial charge is 0.378 e. The summed E-state index contributed by atoms with van der Waals surface area (Å²) < 4.78 is 5.67. The third kappa shape index (κ3) is 4.52. The van der Waals surface area contributed by atoms with Crippen LogP contribution in [-0.4, -0.2) is 66.1 Å². The van der Waals surface area contributed by atoms with Gasteiger partial charge in [0.15, 0.2) is 0 Å². The normalized spacial score (nSPS) is 22.1. The number of amides is 1. The Labute approximate surface area is 149 Å². The number of ether oxygens (including phenoxy) is 1. The molecule has 0 aromatic heterocycles. The van der Waals surface area contributed by atoms with Gasteiger partial charge in [-0.15, -0.1) is 11.8 Å². The average molecular weight is 349 g/mol. The Hall–Kier alpha value is -1.04. The number of hydrogen-bond acceptors (Lipinski definition) is 4. The van der Waals surface area contributed by atoms with E-state index in [2.05, 4.69) is 41.5 Å². The summed E-state index contributed by atoms with van der Waals surface area (Å²) in [4.78, 5) is 17.3. The predicted molar refractivity (Wildman–Crippen MR) is 99.2 cm³/mol. The molecule has 0 bridgehead atoms. The zero-order chi connectivity index (χ0) is 16.8. The average Bonchev–Trinajstić information content (AvgIpc) is 3.41. The molecule has 1 aliphatic heterocycles. The lowest BCUT2D eigenvalue weighted by Crippen LogP contribution is -2.43. The van der Waals surface area contributed by atoms with Crippen LogP contribution >= 0.6 is 11.8 Å².